The fourth-order valence-electron chi connectivity index (χ4n) is 2.36. The molecule has 0 saturated heterocycles. The van der Waals surface area contributed by atoms with Crippen molar-refractivity contribution in [3.63, 3.8) is 0 Å². The highest BCUT2D eigenvalue weighted by atomic mass is 127. The van der Waals surface area contributed by atoms with E-state index in [0.717, 1.165) is 9.53 Å². The number of nitrogens with zero attached hydrogens (tertiary/aromatic N) is 1. The highest BCUT2D eigenvalue weighted by molar-refractivity contribution is 14.1. The lowest BCUT2D eigenvalue weighted by atomic mass is 10.1. The third-order valence-electron chi connectivity index (χ3n) is 4.05. The van der Waals surface area contributed by atoms with E-state index in [4.69, 9.17) is 9.47 Å². The number of hydrogen-bond donors (Lipinski definition) is 2. The van der Waals surface area contributed by atoms with Crippen molar-refractivity contribution in [2.75, 3.05) is 6.61 Å². The number of halogens is 3. The summed E-state index contributed by atoms with van der Waals surface area (Å²) in [6.07, 6.45) is 0.902. The van der Waals surface area contributed by atoms with Crippen molar-refractivity contribution in [1.82, 2.24) is 3.11 Å². The minimum absolute atomic E-state index is 0.147. The molecule has 0 aliphatic rings. The summed E-state index contributed by atoms with van der Waals surface area (Å²) in [5, 5.41) is 19.3. The molecule has 0 aliphatic carbocycles. The topological polar surface area (TPSA) is 96.3 Å². The molecule has 0 heterocycles. The summed E-state index contributed by atoms with van der Waals surface area (Å²) < 4.78 is 9.90. The molecule has 2 aromatic carbocycles. The number of carbonyl (C=O) groups excluding carboxylic acids is 1. The molecule has 0 spiro atoms. The third-order valence-corrected chi connectivity index (χ3v) is 10.5. The smallest absolute Gasteiger partial charge is 0.420 e. The largest absolute Gasteiger partial charge is 0.508 e. The summed E-state index contributed by atoms with van der Waals surface area (Å²) in [6.45, 7) is 2.22. The van der Waals surface area contributed by atoms with Crippen LogP contribution in [0, 0.1) is 0 Å². The van der Waals surface area contributed by atoms with Crippen molar-refractivity contribution in [2.45, 2.75) is 27.2 Å². The zero-order valence-corrected chi connectivity index (χ0v) is 22.4. The monoisotopic (exact) mass is 751 g/mol. The number of phenolic OH excluding ortho intramolecular Hbond substituents is 1. The number of aromatic hydroxyl groups is 1. The maximum absolute atomic E-state index is 12.4. The van der Waals surface area contributed by atoms with E-state index in [1.54, 1.807) is 81.9 Å². The molecule has 0 bridgehead atoms. The van der Waals surface area contributed by atoms with Crippen molar-refractivity contribution < 1.29 is 29.3 Å². The van der Waals surface area contributed by atoms with Gasteiger partial charge in [0.15, 0.2) is 0 Å². The van der Waals surface area contributed by atoms with E-state index in [2.05, 4.69) is 0 Å². The van der Waals surface area contributed by atoms with Crippen LogP contribution < -0.4 is 4.74 Å². The average Bonchev–Trinajstić information content (AvgIpc) is 2.74. The van der Waals surface area contributed by atoms with E-state index in [-0.39, 0.29) is 12.4 Å². The molecule has 1 amide bonds. The molecule has 7 nitrogen and oxygen atoms in total. The van der Waals surface area contributed by atoms with E-state index in [1.807, 2.05) is 29.5 Å². The number of amides is 1. The minimum Gasteiger partial charge on any atom is -0.508 e. The Morgan fingerprint density at radius 3 is 2.13 bits per heavy atom. The average molecular weight is 751 g/mol. The van der Waals surface area contributed by atoms with Crippen LogP contribution in [0.1, 0.15) is 29.3 Å². The third kappa shape index (κ3) is 6.24. The number of alkyl halides is 2. The molecule has 0 saturated carbocycles. The Morgan fingerprint density at radius 1 is 1.10 bits per heavy atom. The van der Waals surface area contributed by atoms with Gasteiger partial charge in [0.25, 0.3) is 0 Å². The van der Waals surface area contributed by atoms with E-state index in [1.165, 1.54) is 12.1 Å². The Bertz CT molecular complexity index is 862. The van der Waals surface area contributed by atoms with Crippen LogP contribution in [0.5, 0.6) is 17.2 Å². The number of carboxylic acid groups (broad SMARTS) is 1. The van der Waals surface area contributed by atoms with Gasteiger partial charge < -0.3 is 19.7 Å². The minimum atomic E-state index is -1.55. The molecule has 0 aliphatic heterocycles. The summed E-state index contributed by atoms with van der Waals surface area (Å²) in [5.74, 6) is 0.129. The standard InChI is InChI=1S/C20H20I3NO6/c1-2-3-12-29-19(28)24(23)20(22,18(26)27)17(21)13-4-8-15(9-5-13)30-16-10-6-14(25)7-11-16/h4-11,17,25H,2-3,12H2,1H3,(H,26,27)/t17?,20-/m0/s1. The van der Waals surface area contributed by atoms with Crippen LogP contribution in [0.4, 0.5) is 4.79 Å². The second-order valence-corrected chi connectivity index (χ2v) is 10.1. The Kier molecular flexibility index (Phi) is 9.71. The first kappa shape index (κ1) is 25.2. The fraction of sp³-hybridized carbons (Fsp3) is 0.300. The van der Waals surface area contributed by atoms with Crippen LogP contribution in [0.25, 0.3) is 0 Å². The van der Waals surface area contributed by atoms with Gasteiger partial charge in [0, 0.05) is 0 Å². The molecule has 2 N–H and O–H groups in total. The van der Waals surface area contributed by atoms with Crippen LogP contribution in [0.15, 0.2) is 48.5 Å². The van der Waals surface area contributed by atoms with Gasteiger partial charge in [0.2, 0.25) is 3.55 Å². The number of unbranched alkanes of at least 4 members (excludes halogenated alkanes) is 1. The van der Waals surface area contributed by atoms with E-state index in [9.17, 15) is 19.8 Å². The maximum atomic E-state index is 12.4. The van der Waals surface area contributed by atoms with Gasteiger partial charge >= 0.3 is 12.1 Å². The number of carboxylic acids is 1. The van der Waals surface area contributed by atoms with Gasteiger partial charge in [-0.1, -0.05) is 48.1 Å². The SMILES string of the molecule is CCCCOC(=O)N(I)[C@](I)(C(=O)O)C(I)c1ccc(Oc2ccc(O)cc2)cc1. The number of rotatable bonds is 9. The zero-order valence-electron chi connectivity index (χ0n) is 15.9. The molecular formula is C20H20I3NO6. The first-order valence-electron chi connectivity index (χ1n) is 8.96. The van der Waals surface area contributed by atoms with Crippen molar-refractivity contribution in [3.8, 4) is 17.2 Å². The van der Waals surface area contributed by atoms with Gasteiger partial charge in [0.05, 0.1) is 33.4 Å². The molecule has 1 unspecified atom stereocenters. The Balaban J connectivity index is 2.17. The molecule has 10 heteroatoms. The van der Waals surface area contributed by atoms with E-state index in [0.29, 0.717) is 23.5 Å². The van der Waals surface area contributed by atoms with Crippen molar-refractivity contribution in [2.24, 2.45) is 0 Å². The quantitative estimate of drug-likeness (QED) is 0.100. The van der Waals surface area contributed by atoms with Gasteiger partial charge in [-0.2, -0.15) is 0 Å². The molecule has 0 fully saturated rings. The zero-order chi connectivity index (χ0) is 22.3. The van der Waals surface area contributed by atoms with Gasteiger partial charge in [-0.25, -0.2) is 12.7 Å². The molecule has 30 heavy (non-hydrogen) atoms. The van der Waals surface area contributed by atoms with Crippen molar-refractivity contribution in [3.05, 3.63) is 54.1 Å². The molecule has 2 atom stereocenters. The molecule has 0 aromatic heterocycles. The summed E-state index contributed by atoms with van der Waals surface area (Å²) in [7, 11) is 0. The van der Waals surface area contributed by atoms with E-state index < -0.39 is 19.5 Å². The van der Waals surface area contributed by atoms with Crippen molar-refractivity contribution >= 4 is 80.1 Å². The lowest BCUT2D eigenvalue weighted by Gasteiger charge is -2.34. The van der Waals surface area contributed by atoms with Gasteiger partial charge in [-0.3, -0.25) is 0 Å². The number of carbonyl (C=O) groups is 2. The first-order chi connectivity index (χ1) is 14.2. The highest BCUT2D eigenvalue weighted by Gasteiger charge is 2.51. The molecule has 2 rings (SSSR count). The Labute approximate surface area is 215 Å². The predicted octanol–water partition coefficient (Wildman–Crippen LogP) is 6.47. The Hall–Kier alpha value is -1.03. The molecule has 162 valence electrons. The highest BCUT2D eigenvalue weighted by Crippen LogP contribution is 2.46. The van der Waals surface area contributed by atoms with Crippen LogP contribution in [0.3, 0.4) is 0 Å². The van der Waals surface area contributed by atoms with Gasteiger partial charge in [-0.15, -0.1) is 0 Å². The number of hydrogen-bond acceptors (Lipinski definition) is 5. The van der Waals surface area contributed by atoms with Crippen LogP contribution in [-0.4, -0.2) is 35.5 Å². The van der Waals surface area contributed by atoms with Crippen molar-refractivity contribution in [1.29, 1.82) is 0 Å². The van der Waals surface area contributed by atoms with Crippen LogP contribution in [-0.2, 0) is 9.53 Å². The summed E-state index contributed by atoms with van der Waals surface area (Å²) in [4.78, 5) is 24.5. The second-order valence-electron chi connectivity index (χ2n) is 6.25. The summed E-state index contributed by atoms with van der Waals surface area (Å²) >= 11 is 5.51. The number of phenols is 1. The normalized spacial score (nSPS) is 13.7. The predicted molar refractivity (Wildman–Crippen MR) is 138 cm³/mol. The number of benzene rings is 2. The number of ether oxygens (including phenoxy) is 2. The molecule has 2 aromatic rings. The second kappa shape index (κ2) is 11.5. The number of aliphatic carboxylic acids is 1. The summed E-state index contributed by atoms with van der Waals surface area (Å²) in [6, 6.07) is 13.3. The summed E-state index contributed by atoms with van der Waals surface area (Å²) in [5.41, 5.74) is 0.716. The maximum Gasteiger partial charge on any atom is 0.420 e. The van der Waals surface area contributed by atoms with Crippen LogP contribution in [0.2, 0.25) is 0 Å². The lowest BCUT2D eigenvalue weighted by molar-refractivity contribution is -0.141. The fourth-order valence-corrected chi connectivity index (χ4v) is 5.03. The van der Waals surface area contributed by atoms with Gasteiger partial charge in [-0.05, 0) is 71.0 Å². The lowest BCUT2D eigenvalue weighted by Crippen LogP contribution is -2.50. The van der Waals surface area contributed by atoms with Gasteiger partial charge in [0.1, 0.15) is 17.2 Å². The van der Waals surface area contributed by atoms with Crippen LogP contribution >= 0.6 is 68.0 Å². The Morgan fingerprint density at radius 2 is 1.63 bits per heavy atom. The first-order valence-corrected chi connectivity index (χ1v) is 12.2. The molecule has 0 radical (unpaired) electrons. The van der Waals surface area contributed by atoms with E-state index >= 15 is 0 Å². The molecular weight excluding hydrogens is 731 g/mol.